The Morgan fingerprint density at radius 1 is 1.50 bits per heavy atom. The first kappa shape index (κ1) is 9.40. The van der Waals surface area contributed by atoms with Crippen molar-refractivity contribution in [1.29, 1.82) is 0 Å². The molecule has 2 rings (SSSR count). The Hall–Kier alpha value is -1.16. The molecule has 0 atom stereocenters. The highest BCUT2D eigenvalue weighted by molar-refractivity contribution is 5.29. The van der Waals surface area contributed by atoms with Crippen molar-refractivity contribution in [1.82, 2.24) is 15.3 Å². The highest BCUT2D eigenvalue weighted by Gasteiger charge is 2.47. The number of aromatic nitrogens is 2. The largest absolute Gasteiger partial charge is 0.384 e. The molecular formula is C10H16N4. The van der Waals surface area contributed by atoms with Crippen LogP contribution in [0.4, 0.5) is 5.82 Å². The van der Waals surface area contributed by atoms with Crippen LogP contribution in [0.25, 0.3) is 0 Å². The second-order valence-corrected chi connectivity index (χ2v) is 4.19. The third-order valence-electron chi connectivity index (χ3n) is 2.42. The summed E-state index contributed by atoms with van der Waals surface area (Å²) in [5.74, 6) is 1.39. The van der Waals surface area contributed by atoms with Gasteiger partial charge in [0.05, 0.1) is 5.54 Å². The summed E-state index contributed by atoms with van der Waals surface area (Å²) in [5.41, 5.74) is 5.64. The molecule has 0 unspecified atom stereocenters. The Labute approximate surface area is 83.9 Å². The molecular weight excluding hydrogens is 176 g/mol. The molecule has 1 aliphatic rings. The second kappa shape index (κ2) is 3.20. The first-order valence-electron chi connectivity index (χ1n) is 4.99. The van der Waals surface area contributed by atoms with Gasteiger partial charge in [-0.25, -0.2) is 9.97 Å². The summed E-state index contributed by atoms with van der Waals surface area (Å²) in [6, 6.07) is 2.16. The van der Waals surface area contributed by atoms with Gasteiger partial charge in [-0.3, -0.25) is 0 Å². The third kappa shape index (κ3) is 1.70. The van der Waals surface area contributed by atoms with Crippen molar-refractivity contribution < 1.29 is 0 Å². The number of hydrogen-bond acceptors (Lipinski definition) is 4. The van der Waals surface area contributed by atoms with E-state index < -0.39 is 0 Å². The van der Waals surface area contributed by atoms with E-state index in [0.29, 0.717) is 11.9 Å². The number of nitrogens with two attached hydrogens (primary N) is 1. The summed E-state index contributed by atoms with van der Waals surface area (Å²) in [6.07, 6.45) is 3.93. The van der Waals surface area contributed by atoms with E-state index in [9.17, 15) is 0 Å². The van der Waals surface area contributed by atoms with E-state index >= 15 is 0 Å². The fourth-order valence-electron chi connectivity index (χ4n) is 1.71. The minimum Gasteiger partial charge on any atom is -0.384 e. The maximum Gasteiger partial charge on any atom is 0.150 e. The van der Waals surface area contributed by atoms with Crippen molar-refractivity contribution in [2.45, 2.75) is 38.3 Å². The Bertz CT molecular complexity index is 331. The SMILES string of the molecule is CC(C)NC1(c2nccc(N)n2)CC1. The smallest absolute Gasteiger partial charge is 0.150 e. The lowest BCUT2D eigenvalue weighted by molar-refractivity contribution is 0.441. The van der Waals surface area contributed by atoms with Crippen molar-refractivity contribution >= 4 is 5.82 Å². The first-order chi connectivity index (χ1) is 6.62. The van der Waals surface area contributed by atoms with Crippen LogP contribution < -0.4 is 11.1 Å². The van der Waals surface area contributed by atoms with Gasteiger partial charge in [0.2, 0.25) is 0 Å². The summed E-state index contributed by atoms with van der Waals surface area (Å²) in [5, 5.41) is 3.49. The zero-order chi connectivity index (χ0) is 10.2. The van der Waals surface area contributed by atoms with E-state index in [2.05, 4.69) is 29.1 Å². The molecule has 14 heavy (non-hydrogen) atoms. The molecule has 0 bridgehead atoms. The van der Waals surface area contributed by atoms with Crippen molar-refractivity contribution in [2.75, 3.05) is 5.73 Å². The Balaban J connectivity index is 2.22. The normalized spacial score (nSPS) is 18.5. The average Bonchev–Trinajstić information content (AvgIpc) is 2.84. The summed E-state index contributed by atoms with van der Waals surface area (Å²) in [6.45, 7) is 4.26. The highest BCUT2D eigenvalue weighted by Crippen LogP contribution is 2.44. The number of anilines is 1. The van der Waals surface area contributed by atoms with Gasteiger partial charge >= 0.3 is 0 Å². The molecule has 0 aliphatic heterocycles. The van der Waals surface area contributed by atoms with E-state index in [4.69, 9.17) is 5.73 Å². The molecule has 1 fully saturated rings. The number of nitrogens with zero attached hydrogens (tertiary/aromatic N) is 2. The van der Waals surface area contributed by atoms with Gasteiger partial charge in [0.15, 0.2) is 5.82 Å². The van der Waals surface area contributed by atoms with Gasteiger partial charge in [0, 0.05) is 12.2 Å². The van der Waals surface area contributed by atoms with Crippen LogP contribution in [0.15, 0.2) is 12.3 Å². The molecule has 0 saturated heterocycles. The monoisotopic (exact) mass is 192 g/mol. The van der Waals surface area contributed by atoms with E-state index in [-0.39, 0.29) is 5.54 Å². The standard InChI is InChI=1S/C10H16N4/c1-7(2)14-10(4-5-10)9-12-6-3-8(11)13-9/h3,6-7,14H,4-5H2,1-2H3,(H2,11,12,13). The molecule has 0 aromatic carbocycles. The lowest BCUT2D eigenvalue weighted by atomic mass is 10.2. The lowest BCUT2D eigenvalue weighted by Crippen LogP contribution is -2.36. The van der Waals surface area contributed by atoms with Crippen molar-refractivity contribution in [3.63, 3.8) is 0 Å². The zero-order valence-corrected chi connectivity index (χ0v) is 8.62. The molecule has 1 aromatic rings. The molecule has 76 valence electrons. The van der Waals surface area contributed by atoms with Crippen LogP contribution in [0, 0.1) is 0 Å². The minimum atomic E-state index is 0.00352. The van der Waals surface area contributed by atoms with E-state index in [1.165, 1.54) is 0 Å². The van der Waals surface area contributed by atoms with Gasteiger partial charge in [0.1, 0.15) is 5.82 Å². The number of nitrogens with one attached hydrogen (secondary N) is 1. The third-order valence-corrected chi connectivity index (χ3v) is 2.42. The molecule has 4 nitrogen and oxygen atoms in total. The molecule has 1 heterocycles. The maximum atomic E-state index is 5.63. The summed E-state index contributed by atoms with van der Waals surface area (Å²) >= 11 is 0. The fourth-order valence-corrected chi connectivity index (χ4v) is 1.71. The van der Waals surface area contributed by atoms with Gasteiger partial charge in [-0.2, -0.15) is 0 Å². The van der Waals surface area contributed by atoms with Gasteiger partial charge < -0.3 is 11.1 Å². The van der Waals surface area contributed by atoms with Gasteiger partial charge in [-0.15, -0.1) is 0 Å². The van der Waals surface area contributed by atoms with Crippen molar-refractivity contribution in [3.05, 3.63) is 18.1 Å². The van der Waals surface area contributed by atoms with Crippen LogP contribution in [0.2, 0.25) is 0 Å². The van der Waals surface area contributed by atoms with E-state index in [1.54, 1.807) is 12.3 Å². The van der Waals surface area contributed by atoms with Crippen LogP contribution in [0.1, 0.15) is 32.5 Å². The van der Waals surface area contributed by atoms with Crippen molar-refractivity contribution in [3.8, 4) is 0 Å². The van der Waals surface area contributed by atoms with Gasteiger partial charge in [-0.1, -0.05) is 0 Å². The Morgan fingerprint density at radius 3 is 2.71 bits per heavy atom. The number of rotatable bonds is 3. The molecule has 3 N–H and O–H groups in total. The lowest BCUT2D eigenvalue weighted by Gasteiger charge is -2.18. The second-order valence-electron chi connectivity index (χ2n) is 4.19. The molecule has 4 heteroatoms. The summed E-state index contributed by atoms with van der Waals surface area (Å²) in [7, 11) is 0. The quantitative estimate of drug-likeness (QED) is 0.751. The molecule has 1 saturated carbocycles. The molecule has 0 amide bonds. The Morgan fingerprint density at radius 2 is 2.21 bits per heavy atom. The van der Waals surface area contributed by atoms with Crippen LogP contribution in [0.3, 0.4) is 0 Å². The van der Waals surface area contributed by atoms with E-state index in [1.807, 2.05) is 0 Å². The molecule has 1 aromatic heterocycles. The first-order valence-corrected chi connectivity index (χ1v) is 4.99. The maximum absolute atomic E-state index is 5.63. The number of hydrogen-bond donors (Lipinski definition) is 2. The number of nitrogen functional groups attached to an aromatic ring is 1. The fraction of sp³-hybridized carbons (Fsp3) is 0.600. The van der Waals surface area contributed by atoms with Crippen LogP contribution in [0.5, 0.6) is 0 Å². The van der Waals surface area contributed by atoms with Crippen molar-refractivity contribution in [2.24, 2.45) is 0 Å². The average molecular weight is 192 g/mol. The molecule has 0 spiro atoms. The Kier molecular flexibility index (Phi) is 2.15. The predicted octanol–water partition coefficient (Wildman–Crippen LogP) is 1.05. The topological polar surface area (TPSA) is 63.8 Å². The molecule has 1 aliphatic carbocycles. The highest BCUT2D eigenvalue weighted by atomic mass is 15.1. The molecule has 0 radical (unpaired) electrons. The van der Waals surface area contributed by atoms with Crippen LogP contribution >= 0.6 is 0 Å². The van der Waals surface area contributed by atoms with Gasteiger partial charge in [-0.05, 0) is 32.8 Å². The summed E-state index contributed by atoms with van der Waals surface area (Å²) in [4.78, 5) is 8.54. The van der Waals surface area contributed by atoms with E-state index in [0.717, 1.165) is 18.7 Å². The predicted molar refractivity (Wildman–Crippen MR) is 55.6 cm³/mol. The zero-order valence-electron chi connectivity index (χ0n) is 8.62. The van der Waals surface area contributed by atoms with Gasteiger partial charge in [0.25, 0.3) is 0 Å². The summed E-state index contributed by atoms with van der Waals surface area (Å²) < 4.78 is 0. The minimum absolute atomic E-state index is 0.00352. The van der Waals surface area contributed by atoms with Crippen LogP contribution in [-0.2, 0) is 5.54 Å². The van der Waals surface area contributed by atoms with Crippen LogP contribution in [-0.4, -0.2) is 16.0 Å².